The lowest BCUT2D eigenvalue weighted by atomic mass is 10.0. The normalized spacial score (nSPS) is 14.7. The van der Waals surface area contributed by atoms with E-state index in [2.05, 4.69) is 47.5 Å². The lowest BCUT2D eigenvalue weighted by Gasteiger charge is -2.31. The van der Waals surface area contributed by atoms with Crippen molar-refractivity contribution in [2.45, 2.75) is 26.3 Å². The maximum Gasteiger partial charge on any atom is 0.248 e. The number of nitrogens with one attached hydrogen (secondary N) is 1. The minimum atomic E-state index is -0.406. The molecule has 5 heteroatoms. The van der Waals surface area contributed by atoms with Gasteiger partial charge in [0.05, 0.1) is 6.54 Å². The molecule has 3 rings (SSSR count). The highest BCUT2D eigenvalue weighted by atomic mass is 16.1. The summed E-state index contributed by atoms with van der Waals surface area (Å²) in [5.41, 5.74) is 9.63. The van der Waals surface area contributed by atoms with Crippen LogP contribution >= 0.6 is 0 Å². The molecule has 0 aromatic heterocycles. The first-order valence-electron chi connectivity index (χ1n) is 9.82. The van der Waals surface area contributed by atoms with Crippen LogP contribution in [0.1, 0.15) is 41.3 Å². The highest BCUT2D eigenvalue weighted by Crippen LogP contribution is 2.19. The molecule has 146 valence electrons. The summed E-state index contributed by atoms with van der Waals surface area (Å²) in [4.78, 5) is 18.3. The number of nitrogens with two attached hydrogens (primary N) is 1. The van der Waals surface area contributed by atoms with Gasteiger partial charge in [-0.25, -0.2) is 4.99 Å². The second kappa shape index (κ2) is 9.74. The Morgan fingerprint density at radius 3 is 2.39 bits per heavy atom. The van der Waals surface area contributed by atoms with Gasteiger partial charge in [0.25, 0.3) is 0 Å². The molecule has 1 saturated heterocycles. The molecule has 0 saturated carbocycles. The van der Waals surface area contributed by atoms with Crippen molar-refractivity contribution in [3.8, 4) is 0 Å². The maximum atomic E-state index is 11.2. The van der Waals surface area contributed by atoms with Crippen molar-refractivity contribution in [2.24, 2.45) is 10.7 Å². The number of guanidine groups is 1. The Balaban J connectivity index is 1.62. The Morgan fingerprint density at radius 1 is 1.11 bits per heavy atom. The number of piperidine rings is 1. The maximum absolute atomic E-state index is 11.2. The van der Waals surface area contributed by atoms with Gasteiger partial charge in [0, 0.05) is 25.2 Å². The van der Waals surface area contributed by atoms with E-state index in [0.29, 0.717) is 12.1 Å². The SMILES string of the molecule is CCNC(=NCc1ccc(C(N)=O)cc1)N1CCC(=Cc2ccccc2)CC1. The van der Waals surface area contributed by atoms with Gasteiger partial charge in [-0.2, -0.15) is 0 Å². The number of rotatable bonds is 5. The van der Waals surface area contributed by atoms with Crippen LogP contribution in [0.25, 0.3) is 6.08 Å². The molecule has 1 amide bonds. The van der Waals surface area contributed by atoms with E-state index in [0.717, 1.165) is 44.0 Å². The minimum absolute atomic E-state index is 0.406. The van der Waals surface area contributed by atoms with Crippen molar-refractivity contribution in [1.29, 1.82) is 0 Å². The van der Waals surface area contributed by atoms with Crippen LogP contribution in [0.5, 0.6) is 0 Å². The zero-order valence-corrected chi connectivity index (χ0v) is 16.4. The van der Waals surface area contributed by atoms with Crippen LogP contribution in [0.3, 0.4) is 0 Å². The summed E-state index contributed by atoms with van der Waals surface area (Å²) in [5, 5.41) is 3.40. The largest absolute Gasteiger partial charge is 0.366 e. The molecule has 2 aromatic rings. The Morgan fingerprint density at radius 2 is 1.79 bits per heavy atom. The van der Waals surface area contributed by atoms with Gasteiger partial charge in [-0.05, 0) is 43.0 Å². The first-order valence-corrected chi connectivity index (χ1v) is 9.82. The predicted molar refractivity (Wildman–Crippen MR) is 115 cm³/mol. The minimum Gasteiger partial charge on any atom is -0.366 e. The van der Waals surface area contributed by atoms with Crippen LogP contribution in [-0.4, -0.2) is 36.4 Å². The van der Waals surface area contributed by atoms with E-state index in [1.54, 1.807) is 12.1 Å². The number of carbonyl (C=O) groups excluding carboxylic acids is 1. The lowest BCUT2D eigenvalue weighted by Crippen LogP contribution is -2.44. The molecule has 0 unspecified atom stereocenters. The lowest BCUT2D eigenvalue weighted by molar-refractivity contribution is 0.100. The van der Waals surface area contributed by atoms with Crippen LogP contribution in [-0.2, 0) is 6.54 Å². The second-order valence-corrected chi connectivity index (χ2v) is 6.93. The average molecular weight is 377 g/mol. The fourth-order valence-electron chi connectivity index (χ4n) is 3.30. The zero-order chi connectivity index (χ0) is 19.8. The molecule has 1 aliphatic heterocycles. The molecule has 3 N–H and O–H groups in total. The van der Waals surface area contributed by atoms with Gasteiger partial charge in [0.1, 0.15) is 0 Å². The number of likely N-dealkylation sites (tertiary alicyclic amines) is 1. The number of hydrogen-bond donors (Lipinski definition) is 2. The number of aliphatic imine (C=N–C) groups is 1. The highest BCUT2D eigenvalue weighted by molar-refractivity contribution is 5.92. The summed E-state index contributed by atoms with van der Waals surface area (Å²) in [6.07, 6.45) is 4.40. The summed E-state index contributed by atoms with van der Waals surface area (Å²) in [6.45, 7) is 5.42. The molecular formula is C23H28N4O. The summed E-state index contributed by atoms with van der Waals surface area (Å²) in [6, 6.07) is 17.8. The number of amides is 1. The molecule has 0 spiro atoms. The topological polar surface area (TPSA) is 70.7 Å². The Kier molecular flexibility index (Phi) is 6.84. The first-order chi connectivity index (χ1) is 13.7. The molecular weight excluding hydrogens is 348 g/mol. The number of benzene rings is 2. The van der Waals surface area contributed by atoms with Crippen molar-refractivity contribution < 1.29 is 4.79 Å². The number of carbonyl (C=O) groups is 1. The third kappa shape index (κ3) is 5.46. The Labute approximate surface area is 167 Å². The Hall–Kier alpha value is -3.08. The van der Waals surface area contributed by atoms with Crippen molar-refractivity contribution in [3.05, 3.63) is 76.9 Å². The fraction of sp³-hybridized carbons (Fsp3) is 0.304. The van der Waals surface area contributed by atoms with E-state index in [-0.39, 0.29) is 0 Å². The van der Waals surface area contributed by atoms with Crippen molar-refractivity contribution in [3.63, 3.8) is 0 Å². The third-order valence-corrected chi connectivity index (χ3v) is 4.86. The second-order valence-electron chi connectivity index (χ2n) is 6.93. The van der Waals surface area contributed by atoms with E-state index in [1.165, 1.54) is 11.1 Å². The Bertz CT molecular complexity index is 831. The van der Waals surface area contributed by atoms with Crippen LogP contribution < -0.4 is 11.1 Å². The molecule has 1 fully saturated rings. The van der Waals surface area contributed by atoms with Crippen molar-refractivity contribution in [1.82, 2.24) is 10.2 Å². The molecule has 2 aromatic carbocycles. The number of hydrogen-bond acceptors (Lipinski definition) is 2. The van der Waals surface area contributed by atoms with Gasteiger partial charge < -0.3 is 16.0 Å². The predicted octanol–water partition coefficient (Wildman–Crippen LogP) is 3.43. The van der Waals surface area contributed by atoms with E-state index < -0.39 is 5.91 Å². The molecule has 5 nitrogen and oxygen atoms in total. The van der Waals surface area contributed by atoms with Gasteiger partial charge in [0.15, 0.2) is 5.96 Å². The summed E-state index contributed by atoms with van der Waals surface area (Å²) < 4.78 is 0. The van der Waals surface area contributed by atoms with Crippen molar-refractivity contribution >= 4 is 17.9 Å². The van der Waals surface area contributed by atoms with E-state index in [4.69, 9.17) is 10.7 Å². The fourth-order valence-corrected chi connectivity index (χ4v) is 3.30. The average Bonchev–Trinajstić information content (AvgIpc) is 2.73. The van der Waals surface area contributed by atoms with Gasteiger partial charge in [-0.15, -0.1) is 0 Å². The summed E-state index contributed by atoms with van der Waals surface area (Å²) >= 11 is 0. The number of primary amides is 1. The van der Waals surface area contributed by atoms with E-state index in [1.807, 2.05) is 18.2 Å². The molecule has 0 aliphatic carbocycles. The molecule has 28 heavy (non-hydrogen) atoms. The summed E-state index contributed by atoms with van der Waals surface area (Å²) in [7, 11) is 0. The van der Waals surface area contributed by atoms with Crippen LogP contribution in [0, 0.1) is 0 Å². The number of nitrogens with zero attached hydrogens (tertiary/aromatic N) is 2. The molecule has 0 bridgehead atoms. The standard InChI is InChI=1S/C23H28N4O/c1-2-25-23(26-17-20-8-10-21(11-9-20)22(24)28)27-14-12-19(13-15-27)16-18-6-4-3-5-7-18/h3-11,16H,2,12-15,17H2,1H3,(H2,24,28)(H,25,26). The molecule has 1 aliphatic rings. The van der Waals surface area contributed by atoms with Gasteiger partial charge >= 0.3 is 0 Å². The van der Waals surface area contributed by atoms with Gasteiger partial charge in [0.2, 0.25) is 5.91 Å². The van der Waals surface area contributed by atoms with Crippen LogP contribution in [0.4, 0.5) is 0 Å². The molecule has 1 heterocycles. The highest BCUT2D eigenvalue weighted by Gasteiger charge is 2.17. The monoisotopic (exact) mass is 376 g/mol. The molecule has 0 radical (unpaired) electrons. The van der Waals surface area contributed by atoms with Crippen LogP contribution in [0.2, 0.25) is 0 Å². The van der Waals surface area contributed by atoms with E-state index in [9.17, 15) is 4.79 Å². The van der Waals surface area contributed by atoms with Crippen LogP contribution in [0.15, 0.2) is 65.2 Å². The summed E-state index contributed by atoms with van der Waals surface area (Å²) in [5.74, 6) is 0.538. The van der Waals surface area contributed by atoms with Gasteiger partial charge in [-0.1, -0.05) is 54.1 Å². The first kappa shape index (κ1) is 19.7. The van der Waals surface area contributed by atoms with Gasteiger partial charge in [-0.3, -0.25) is 4.79 Å². The van der Waals surface area contributed by atoms with Crippen molar-refractivity contribution in [2.75, 3.05) is 19.6 Å². The third-order valence-electron chi connectivity index (χ3n) is 4.86. The zero-order valence-electron chi connectivity index (χ0n) is 16.4. The quantitative estimate of drug-likeness (QED) is 0.620. The van der Waals surface area contributed by atoms with E-state index >= 15 is 0 Å². The molecule has 0 atom stereocenters. The smallest absolute Gasteiger partial charge is 0.248 e.